The van der Waals surface area contributed by atoms with Gasteiger partial charge < -0.3 is 5.11 Å². The van der Waals surface area contributed by atoms with E-state index < -0.39 is 0 Å². The zero-order valence-electron chi connectivity index (χ0n) is 30.0. The van der Waals surface area contributed by atoms with E-state index in [2.05, 4.69) is 44.7 Å². The molecule has 0 amide bonds. The second-order valence-corrected chi connectivity index (χ2v) is 15.8. The van der Waals surface area contributed by atoms with Gasteiger partial charge >= 0.3 is 0 Å². The minimum Gasteiger partial charge on any atom is -0.507 e. The first kappa shape index (κ1) is 41.7. The Balaban J connectivity index is 2.40. The average Bonchev–Trinajstić information content (AvgIpc) is 3.03. The lowest BCUT2D eigenvalue weighted by atomic mass is 9.98. The zero-order chi connectivity index (χ0) is 31.8. The largest absolute Gasteiger partial charge is 0.507 e. The Labute approximate surface area is 285 Å². The summed E-state index contributed by atoms with van der Waals surface area (Å²) < 4.78 is 0. The minimum absolute atomic E-state index is 0.622. The molecular formula is C41H76OS2. The van der Waals surface area contributed by atoms with E-state index in [1.807, 2.05) is 11.8 Å². The molecule has 0 aliphatic heterocycles. The van der Waals surface area contributed by atoms with Crippen LogP contribution < -0.4 is 0 Å². The molecule has 44 heavy (non-hydrogen) atoms. The Hall–Kier alpha value is -0.280. The SMILES string of the molecule is CCCCCCCCCCCCSCc1ccc(CCCCCCCCC)c(CSCCCCCCCCCCCC)c1O. The Bertz CT molecular complexity index is 734. The van der Waals surface area contributed by atoms with Crippen LogP contribution in [-0.4, -0.2) is 16.6 Å². The van der Waals surface area contributed by atoms with Crippen molar-refractivity contribution in [3.05, 3.63) is 28.8 Å². The topological polar surface area (TPSA) is 20.2 Å². The first-order valence-electron chi connectivity index (χ1n) is 19.7. The van der Waals surface area contributed by atoms with Crippen LogP contribution in [0.5, 0.6) is 5.75 Å². The highest BCUT2D eigenvalue weighted by atomic mass is 32.2. The third kappa shape index (κ3) is 24.0. The first-order chi connectivity index (χ1) is 21.7. The Kier molecular flexibility index (Phi) is 31.0. The predicted octanol–water partition coefficient (Wildman–Crippen LogP) is 15.0. The van der Waals surface area contributed by atoms with E-state index >= 15 is 0 Å². The summed E-state index contributed by atoms with van der Waals surface area (Å²) in [4.78, 5) is 0. The number of aryl methyl sites for hydroxylation is 1. The summed E-state index contributed by atoms with van der Waals surface area (Å²) in [6.45, 7) is 6.89. The van der Waals surface area contributed by atoms with Gasteiger partial charge in [0, 0.05) is 22.6 Å². The lowest BCUT2D eigenvalue weighted by molar-refractivity contribution is 0.464. The van der Waals surface area contributed by atoms with Gasteiger partial charge in [-0.05, 0) is 42.8 Å². The van der Waals surface area contributed by atoms with Crippen LogP contribution >= 0.6 is 23.5 Å². The van der Waals surface area contributed by atoms with Crippen molar-refractivity contribution in [1.29, 1.82) is 0 Å². The molecule has 0 saturated heterocycles. The van der Waals surface area contributed by atoms with Gasteiger partial charge in [-0.15, -0.1) is 0 Å². The zero-order valence-corrected chi connectivity index (χ0v) is 31.7. The van der Waals surface area contributed by atoms with Gasteiger partial charge in [-0.25, -0.2) is 0 Å². The Morgan fingerprint density at radius 1 is 0.409 bits per heavy atom. The predicted molar refractivity (Wildman–Crippen MR) is 206 cm³/mol. The molecule has 0 aliphatic rings. The van der Waals surface area contributed by atoms with Gasteiger partial charge in [-0.3, -0.25) is 0 Å². The van der Waals surface area contributed by atoms with Crippen molar-refractivity contribution in [2.75, 3.05) is 11.5 Å². The van der Waals surface area contributed by atoms with Crippen LogP contribution in [0.25, 0.3) is 0 Å². The van der Waals surface area contributed by atoms with E-state index in [1.165, 1.54) is 202 Å². The lowest BCUT2D eigenvalue weighted by Gasteiger charge is -2.15. The van der Waals surface area contributed by atoms with Gasteiger partial charge in [0.05, 0.1) is 0 Å². The molecule has 0 aromatic heterocycles. The van der Waals surface area contributed by atoms with E-state index in [0.717, 1.165) is 17.9 Å². The maximum atomic E-state index is 11.4. The molecule has 1 rings (SSSR count). The number of rotatable bonds is 34. The molecular weight excluding hydrogens is 573 g/mol. The molecule has 0 atom stereocenters. The molecule has 0 saturated carbocycles. The van der Waals surface area contributed by atoms with E-state index in [4.69, 9.17) is 0 Å². The number of phenols is 1. The van der Waals surface area contributed by atoms with Crippen LogP contribution in [0.4, 0.5) is 0 Å². The molecule has 0 unspecified atom stereocenters. The number of thioether (sulfide) groups is 2. The molecule has 1 aromatic carbocycles. The van der Waals surface area contributed by atoms with Gasteiger partial charge in [0.2, 0.25) is 0 Å². The normalized spacial score (nSPS) is 11.5. The lowest BCUT2D eigenvalue weighted by Crippen LogP contribution is -1.98. The van der Waals surface area contributed by atoms with Crippen molar-refractivity contribution < 1.29 is 5.11 Å². The third-order valence-electron chi connectivity index (χ3n) is 9.30. The van der Waals surface area contributed by atoms with Crippen LogP contribution in [0.1, 0.15) is 211 Å². The number of hydrogen-bond acceptors (Lipinski definition) is 3. The Morgan fingerprint density at radius 3 is 1.18 bits per heavy atom. The third-order valence-corrected chi connectivity index (χ3v) is 11.5. The summed E-state index contributed by atoms with van der Waals surface area (Å²) in [6, 6.07) is 4.61. The fourth-order valence-corrected chi connectivity index (χ4v) is 8.33. The van der Waals surface area contributed by atoms with Crippen molar-refractivity contribution in [3.8, 4) is 5.75 Å². The van der Waals surface area contributed by atoms with Gasteiger partial charge in [0.25, 0.3) is 0 Å². The number of hydrogen-bond donors (Lipinski definition) is 1. The van der Waals surface area contributed by atoms with Gasteiger partial charge in [0.15, 0.2) is 0 Å². The second kappa shape index (κ2) is 32.7. The molecule has 1 N–H and O–H groups in total. The molecule has 0 spiro atoms. The number of unbranched alkanes of at least 4 members (excludes halogenated alkanes) is 24. The summed E-state index contributed by atoms with van der Waals surface area (Å²) in [5.41, 5.74) is 3.83. The summed E-state index contributed by atoms with van der Waals surface area (Å²) >= 11 is 4.08. The first-order valence-corrected chi connectivity index (χ1v) is 22.0. The quantitative estimate of drug-likeness (QED) is 0.0751. The van der Waals surface area contributed by atoms with Crippen LogP contribution in [0.2, 0.25) is 0 Å². The van der Waals surface area contributed by atoms with Crippen LogP contribution in [0.15, 0.2) is 12.1 Å². The molecule has 1 aromatic rings. The van der Waals surface area contributed by atoms with Crippen LogP contribution in [-0.2, 0) is 17.9 Å². The van der Waals surface area contributed by atoms with E-state index in [-0.39, 0.29) is 0 Å². The van der Waals surface area contributed by atoms with E-state index in [1.54, 1.807) is 0 Å². The molecule has 0 bridgehead atoms. The van der Waals surface area contributed by atoms with Gasteiger partial charge in [-0.2, -0.15) is 23.5 Å². The molecule has 1 nitrogen and oxygen atoms in total. The molecule has 258 valence electrons. The van der Waals surface area contributed by atoms with E-state index in [9.17, 15) is 5.11 Å². The molecule has 3 heteroatoms. The highest BCUT2D eigenvalue weighted by Gasteiger charge is 2.13. The van der Waals surface area contributed by atoms with Crippen molar-refractivity contribution in [1.82, 2.24) is 0 Å². The standard InChI is InChI=1S/C41H76OS2/c1-4-7-10-13-16-18-20-23-26-29-34-43-36-39-33-32-38(31-28-25-22-15-12-9-6-3)40(41(39)42)37-44-35-30-27-24-21-19-17-14-11-8-5-2/h32-33,42H,4-31,34-37H2,1-3H3. The van der Waals surface area contributed by atoms with E-state index in [0.29, 0.717) is 5.75 Å². The molecule has 0 radical (unpaired) electrons. The molecule has 0 fully saturated rings. The maximum absolute atomic E-state index is 11.4. The summed E-state index contributed by atoms with van der Waals surface area (Å²) in [5.74, 6) is 5.00. The smallest absolute Gasteiger partial charge is 0.123 e. The Morgan fingerprint density at radius 2 is 0.750 bits per heavy atom. The van der Waals surface area contributed by atoms with Gasteiger partial charge in [-0.1, -0.05) is 187 Å². The van der Waals surface area contributed by atoms with Crippen molar-refractivity contribution in [3.63, 3.8) is 0 Å². The number of benzene rings is 1. The van der Waals surface area contributed by atoms with Crippen LogP contribution in [0, 0.1) is 0 Å². The molecule has 0 heterocycles. The fourth-order valence-electron chi connectivity index (χ4n) is 6.25. The average molecular weight is 649 g/mol. The minimum atomic E-state index is 0.622. The summed E-state index contributed by atoms with van der Waals surface area (Å²) in [5, 5.41) is 11.4. The van der Waals surface area contributed by atoms with Crippen molar-refractivity contribution >= 4 is 23.5 Å². The number of phenolic OH excluding ortho intramolecular Hbond substituents is 1. The van der Waals surface area contributed by atoms with Crippen molar-refractivity contribution in [2.24, 2.45) is 0 Å². The second-order valence-electron chi connectivity index (χ2n) is 13.6. The maximum Gasteiger partial charge on any atom is 0.123 e. The highest BCUT2D eigenvalue weighted by Crippen LogP contribution is 2.33. The highest BCUT2D eigenvalue weighted by molar-refractivity contribution is 7.98. The van der Waals surface area contributed by atoms with Gasteiger partial charge in [0.1, 0.15) is 5.75 Å². The molecule has 0 aliphatic carbocycles. The monoisotopic (exact) mass is 649 g/mol. The summed E-state index contributed by atoms with van der Waals surface area (Å²) in [6.07, 6.45) is 38.5. The number of aromatic hydroxyl groups is 1. The van der Waals surface area contributed by atoms with Crippen molar-refractivity contribution in [2.45, 2.75) is 212 Å². The summed E-state index contributed by atoms with van der Waals surface area (Å²) in [7, 11) is 0. The fraction of sp³-hybridized carbons (Fsp3) is 0.854. The van der Waals surface area contributed by atoms with Crippen LogP contribution in [0.3, 0.4) is 0 Å².